The zero-order valence-electron chi connectivity index (χ0n) is 15.2. The van der Waals surface area contributed by atoms with Gasteiger partial charge in [0, 0.05) is 18.2 Å². The molecule has 1 fully saturated rings. The second kappa shape index (κ2) is 9.42. The highest BCUT2D eigenvalue weighted by atomic mass is 16.5. The maximum atomic E-state index is 12.1. The van der Waals surface area contributed by atoms with E-state index in [1.807, 2.05) is 0 Å². The summed E-state index contributed by atoms with van der Waals surface area (Å²) in [6.07, 6.45) is 3.57. The first-order chi connectivity index (χ1) is 12.0. The molecule has 1 aliphatic rings. The molecule has 2 amide bonds. The lowest BCUT2D eigenvalue weighted by atomic mass is 10.0. The predicted molar refractivity (Wildman–Crippen MR) is 97.5 cm³/mol. The number of carbonyl (C=O) groups is 2. The van der Waals surface area contributed by atoms with Crippen molar-refractivity contribution in [1.29, 1.82) is 0 Å². The SMILES string of the molecule is CC(C)CC(CNC(=O)COc1ccc(C(N)=O)cc1)N1CCCC1. The summed E-state index contributed by atoms with van der Waals surface area (Å²) < 4.78 is 5.46. The number of likely N-dealkylation sites (tertiary alicyclic amines) is 1. The summed E-state index contributed by atoms with van der Waals surface area (Å²) in [5.41, 5.74) is 5.61. The van der Waals surface area contributed by atoms with E-state index in [0.717, 1.165) is 19.5 Å². The number of nitrogens with zero attached hydrogens (tertiary/aromatic N) is 1. The Balaban J connectivity index is 1.77. The molecule has 2 rings (SSSR count). The maximum absolute atomic E-state index is 12.1. The Kier molecular flexibility index (Phi) is 7.25. The summed E-state index contributed by atoms with van der Waals surface area (Å²) in [5, 5.41) is 2.99. The molecule has 138 valence electrons. The predicted octanol–water partition coefficient (Wildman–Crippen LogP) is 1.79. The van der Waals surface area contributed by atoms with Crippen LogP contribution in [0.25, 0.3) is 0 Å². The first-order valence-corrected chi connectivity index (χ1v) is 8.99. The van der Waals surface area contributed by atoms with Gasteiger partial charge in [-0.15, -0.1) is 0 Å². The average Bonchev–Trinajstić information content (AvgIpc) is 3.11. The smallest absolute Gasteiger partial charge is 0.257 e. The number of amides is 2. The van der Waals surface area contributed by atoms with Gasteiger partial charge in [0.15, 0.2) is 6.61 Å². The fourth-order valence-corrected chi connectivity index (χ4v) is 3.16. The van der Waals surface area contributed by atoms with Crippen LogP contribution in [0.15, 0.2) is 24.3 Å². The quantitative estimate of drug-likeness (QED) is 0.713. The number of nitrogens with two attached hydrogens (primary N) is 1. The molecule has 0 spiro atoms. The number of hydrogen-bond donors (Lipinski definition) is 2. The zero-order chi connectivity index (χ0) is 18.2. The molecule has 0 saturated carbocycles. The molecule has 0 bridgehead atoms. The van der Waals surface area contributed by atoms with Crippen LogP contribution in [0.4, 0.5) is 0 Å². The van der Waals surface area contributed by atoms with Crippen molar-refractivity contribution in [2.24, 2.45) is 11.7 Å². The van der Waals surface area contributed by atoms with Crippen molar-refractivity contribution in [3.05, 3.63) is 29.8 Å². The molecule has 1 aromatic rings. The van der Waals surface area contributed by atoms with Gasteiger partial charge in [0.05, 0.1) is 0 Å². The Labute approximate surface area is 149 Å². The third-order valence-corrected chi connectivity index (χ3v) is 4.44. The van der Waals surface area contributed by atoms with E-state index in [1.165, 1.54) is 12.8 Å². The second-order valence-corrected chi connectivity index (χ2v) is 7.01. The third kappa shape index (κ3) is 6.38. The normalized spacial score (nSPS) is 16.0. The number of hydrogen-bond acceptors (Lipinski definition) is 4. The lowest BCUT2D eigenvalue weighted by molar-refractivity contribution is -0.123. The van der Waals surface area contributed by atoms with Crippen LogP contribution in [-0.4, -0.2) is 49.0 Å². The van der Waals surface area contributed by atoms with Crippen LogP contribution in [0.5, 0.6) is 5.75 Å². The lowest BCUT2D eigenvalue weighted by Gasteiger charge is -2.29. The maximum Gasteiger partial charge on any atom is 0.257 e. The molecule has 0 radical (unpaired) electrons. The van der Waals surface area contributed by atoms with Crippen molar-refractivity contribution in [3.8, 4) is 5.75 Å². The molecule has 6 heteroatoms. The molecule has 1 atom stereocenters. The molecule has 1 unspecified atom stereocenters. The summed E-state index contributed by atoms with van der Waals surface area (Å²) in [6.45, 7) is 7.28. The molecular weight excluding hydrogens is 318 g/mol. The van der Waals surface area contributed by atoms with Crippen LogP contribution in [-0.2, 0) is 4.79 Å². The van der Waals surface area contributed by atoms with Crippen molar-refractivity contribution in [3.63, 3.8) is 0 Å². The van der Waals surface area contributed by atoms with E-state index in [0.29, 0.717) is 29.8 Å². The van der Waals surface area contributed by atoms with Crippen LogP contribution in [0.2, 0.25) is 0 Å². The number of primary amides is 1. The van der Waals surface area contributed by atoms with Crippen LogP contribution in [0.1, 0.15) is 43.5 Å². The molecule has 0 aromatic heterocycles. The van der Waals surface area contributed by atoms with E-state index in [4.69, 9.17) is 10.5 Å². The Morgan fingerprint density at radius 1 is 1.20 bits per heavy atom. The van der Waals surface area contributed by atoms with Crippen LogP contribution in [0, 0.1) is 5.92 Å². The monoisotopic (exact) mass is 347 g/mol. The van der Waals surface area contributed by atoms with Crippen molar-refractivity contribution in [2.45, 2.75) is 39.2 Å². The lowest BCUT2D eigenvalue weighted by Crippen LogP contribution is -2.44. The van der Waals surface area contributed by atoms with E-state index in [1.54, 1.807) is 24.3 Å². The minimum atomic E-state index is -0.484. The van der Waals surface area contributed by atoms with Gasteiger partial charge in [0.2, 0.25) is 5.91 Å². The zero-order valence-corrected chi connectivity index (χ0v) is 15.2. The standard InChI is InChI=1S/C19H29N3O3/c1-14(2)11-16(22-9-3-4-10-22)12-21-18(23)13-25-17-7-5-15(6-8-17)19(20)24/h5-8,14,16H,3-4,9-13H2,1-2H3,(H2,20,24)(H,21,23). The number of nitrogens with one attached hydrogen (secondary N) is 1. The van der Waals surface area contributed by atoms with Gasteiger partial charge >= 0.3 is 0 Å². The molecule has 1 aromatic carbocycles. The third-order valence-electron chi connectivity index (χ3n) is 4.44. The molecule has 1 aliphatic heterocycles. The van der Waals surface area contributed by atoms with E-state index in [9.17, 15) is 9.59 Å². The summed E-state index contributed by atoms with van der Waals surface area (Å²) in [4.78, 5) is 25.6. The average molecular weight is 347 g/mol. The van der Waals surface area contributed by atoms with Crippen molar-refractivity contribution in [2.75, 3.05) is 26.2 Å². The highest BCUT2D eigenvalue weighted by Gasteiger charge is 2.23. The Morgan fingerprint density at radius 3 is 2.40 bits per heavy atom. The Morgan fingerprint density at radius 2 is 1.84 bits per heavy atom. The highest BCUT2D eigenvalue weighted by molar-refractivity contribution is 5.92. The molecular formula is C19H29N3O3. The molecule has 1 saturated heterocycles. The van der Waals surface area contributed by atoms with Gasteiger partial charge in [-0.25, -0.2) is 0 Å². The van der Waals surface area contributed by atoms with Crippen molar-refractivity contribution >= 4 is 11.8 Å². The number of carbonyl (C=O) groups excluding carboxylic acids is 2. The van der Waals surface area contributed by atoms with Gasteiger partial charge < -0.3 is 15.8 Å². The van der Waals surface area contributed by atoms with Crippen molar-refractivity contribution in [1.82, 2.24) is 10.2 Å². The molecule has 1 heterocycles. The summed E-state index contributed by atoms with van der Waals surface area (Å²) >= 11 is 0. The topological polar surface area (TPSA) is 84.7 Å². The van der Waals surface area contributed by atoms with E-state index in [-0.39, 0.29) is 12.5 Å². The number of ether oxygens (including phenoxy) is 1. The van der Waals surface area contributed by atoms with Gasteiger partial charge in [-0.1, -0.05) is 13.8 Å². The van der Waals surface area contributed by atoms with Gasteiger partial charge in [0.25, 0.3) is 5.91 Å². The van der Waals surface area contributed by atoms with E-state index >= 15 is 0 Å². The van der Waals surface area contributed by atoms with Crippen LogP contribution in [0.3, 0.4) is 0 Å². The van der Waals surface area contributed by atoms with Crippen molar-refractivity contribution < 1.29 is 14.3 Å². The van der Waals surface area contributed by atoms with Gasteiger partial charge in [0.1, 0.15) is 5.75 Å². The molecule has 3 N–H and O–H groups in total. The van der Waals surface area contributed by atoms with E-state index < -0.39 is 5.91 Å². The fraction of sp³-hybridized carbons (Fsp3) is 0.579. The van der Waals surface area contributed by atoms with Gasteiger partial charge in [-0.3, -0.25) is 14.5 Å². The van der Waals surface area contributed by atoms with E-state index in [2.05, 4.69) is 24.1 Å². The first kappa shape index (κ1) is 19.2. The van der Waals surface area contributed by atoms with Crippen LogP contribution < -0.4 is 15.8 Å². The molecule has 6 nitrogen and oxygen atoms in total. The second-order valence-electron chi connectivity index (χ2n) is 7.01. The molecule has 25 heavy (non-hydrogen) atoms. The number of rotatable bonds is 9. The minimum absolute atomic E-state index is 0.0374. The summed E-state index contributed by atoms with van der Waals surface area (Å²) in [5.74, 6) is 0.523. The largest absolute Gasteiger partial charge is 0.484 e. The summed E-state index contributed by atoms with van der Waals surface area (Å²) in [6, 6.07) is 6.84. The van der Waals surface area contributed by atoms with Gasteiger partial charge in [-0.2, -0.15) is 0 Å². The Bertz CT molecular complexity index is 566. The number of benzene rings is 1. The molecule has 0 aliphatic carbocycles. The summed E-state index contributed by atoms with van der Waals surface area (Å²) in [7, 11) is 0. The highest BCUT2D eigenvalue weighted by Crippen LogP contribution is 2.17. The first-order valence-electron chi connectivity index (χ1n) is 8.99. The van der Waals surface area contributed by atoms with Gasteiger partial charge in [-0.05, 0) is 62.5 Å². The fourth-order valence-electron chi connectivity index (χ4n) is 3.16. The Hall–Kier alpha value is -2.08. The minimum Gasteiger partial charge on any atom is -0.484 e. The van der Waals surface area contributed by atoms with Crippen LogP contribution >= 0.6 is 0 Å².